The van der Waals surface area contributed by atoms with E-state index in [0.29, 0.717) is 49.0 Å². The van der Waals surface area contributed by atoms with Crippen LogP contribution in [-0.2, 0) is 20.8 Å². The summed E-state index contributed by atoms with van der Waals surface area (Å²) in [6, 6.07) is 16.8. The van der Waals surface area contributed by atoms with Crippen molar-refractivity contribution in [3.63, 3.8) is 0 Å². The molecule has 2 aromatic carbocycles. The maximum absolute atomic E-state index is 14.0. The summed E-state index contributed by atoms with van der Waals surface area (Å²) in [6.45, 7) is 13.0. The molecule has 1 saturated heterocycles. The Kier molecular flexibility index (Phi) is 11.9. The number of hydrogen-bond acceptors (Lipinski definition) is 7. The Morgan fingerprint density at radius 1 is 0.878 bits per heavy atom. The van der Waals surface area contributed by atoms with E-state index in [0.717, 1.165) is 35.7 Å². The van der Waals surface area contributed by atoms with E-state index >= 15 is 0 Å². The standard InChI is InChI=1S/C37H48N6O6/c1-36(2,3)48-34(46)39-16-12-25-14-18-42(19-15-25)33(45)31-22-28-11-10-26(23-38)21-30(28)43(31)24-27-8-7-9-29(20-27)41-32(44)13-17-40-35(47)49-37(4,5)6/h7-11,20-22,25H,12-19,24H2,1-6H3,(H,39,46)(H,40,47)(H,41,44). The van der Waals surface area contributed by atoms with Crippen LogP contribution in [0.5, 0.6) is 0 Å². The number of amides is 4. The van der Waals surface area contributed by atoms with E-state index in [1.165, 1.54) is 0 Å². The van der Waals surface area contributed by atoms with Gasteiger partial charge in [0.1, 0.15) is 16.9 Å². The minimum absolute atomic E-state index is 0.0677. The van der Waals surface area contributed by atoms with Gasteiger partial charge in [0.2, 0.25) is 5.91 Å². The fourth-order valence-electron chi connectivity index (χ4n) is 5.70. The number of piperidine rings is 1. The number of nitrogens with zero attached hydrogens (tertiary/aromatic N) is 3. The molecule has 2 heterocycles. The van der Waals surface area contributed by atoms with Crippen LogP contribution in [0.2, 0.25) is 0 Å². The van der Waals surface area contributed by atoms with Crippen LogP contribution in [0.15, 0.2) is 48.5 Å². The molecule has 12 heteroatoms. The molecular weight excluding hydrogens is 624 g/mol. The minimum Gasteiger partial charge on any atom is -0.444 e. The zero-order valence-electron chi connectivity index (χ0n) is 29.4. The van der Waals surface area contributed by atoms with E-state index in [1.807, 2.05) is 60.6 Å². The first-order valence-corrected chi connectivity index (χ1v) is 16.8. The van der Waals surface area contributed by atoms with Crippen molar-refractivity contribution in [2.45, 2.75) is 85.0 Å². The van der Waals surface area contributed by atoms with Crippen LogP contribution in [0, 0.1) is 17.2 Å². The molecular formula is C37H48N6O6. The van der Waals surface area contributed by atoms with Crippen molar-refractivity contribution in [2.75, 3.05) is 31.5 Å². The summed E-state index contributed by atoms with van der Waals surface area (Å²) in [5.74, 6) is 0.0363. The Morgan fingerprint density at radius 2 is 1.53 bits per heavy atom. The normalized spacial score (nSPS) is 13.8. The van der Waals surface area contributed by atoms with Crippen LogP contribution in [0.1, 0.15) is 88.8 Å². The number of hydrogen-bond donors (Lipinski definition) is 3. The lowest BCUT2D eigenvalue weighted by Crippen LogP contribution is -2.40. The van der Waals surface area contributed by atoms with Crippen LogP contribution in [-0.4, -0.2) is 70.8 Å². The fourth-order valence-corrected chi connectivity index (χ4v) is 5.70. The summed E-state index contributed by atoms with van der Waals surface area (Å²) in [5, 5.41) is 18.7. The van der Waals surface area contributed by atoms with Gasteiger partial charge in [0.15, 0.2) is 0 Å². The van der Waals surface area contributed by atoms with Crippen LogP contribution in [0.3, 0.4) is 0 Å². The molecule has 0 spiro atoms. The molecule has 262 valence electrons. The van der Waals surface area contributed by atoms with Gasteiger partial charge in [0.25, 0.3) is 5.91 Å². The minimum atomic E-state index is -0.626. The molecule has 0 saturated carbocycles. The maximum atomic E-state index is 14.0. The third-order valence-corrected chi connectivity index (χ3v) is 7.95. The van der Waals surface area contributed by atoms with Crippen LogP contribution >= 0.6 is 0 Å². The molecule has 0 aliphatic carbocycles. The summed E-state index contributed by atoms with van der Waals surface area (Å²) in [7, 11) is 0. The largest absolute Gasteiger partial charge is 0.444 e. The zero-order chi connectivity index (χ0) is 35.8. The van der Waals surface area contributed by atoms with Crippen molar-refractivity contribution < 1.29 is 28.7 Å². The highest BCUT2D eigenvalue weighted by molar-refractivity contribution is 5.99. The van der Waals surface area contributed by atoms with Crippen LogP contribution in [0.4, 0.5) is 15.3 Å². The van der Waals surface area contributed by atoms with Gasteiger partial charge in [-0.3, -0.25) is 9.59 Å². The lowest BCUT2D eigenvalue weighted by molar-refractivity contribution is -0.116. The van der Waals surface area contributed by atoms with Gasteiger partial charge in [0, 0.05) is 50.2 Å². The average molecular weight is 673 g/mol. The van der Waals surface area contributed by atoms with E-state index in [2.05, 4.69) is 22.0 Å². The van der Waals surface area contributed by atoms with Crippen LogP contribution in [0.25, 0.3) is 10.9 Å². The smallest absolute Gasteiger partial charge is 0.407 e. The monoisotopic (exact) mass is 672 g/mol. The van der Waals surface area contributed by atoms with Crippen molar-refractivity contribution in [3.05, 3.63) is 65.4 Å². The van der Waals surface area contributed by atoms with Gasteiger partial charge in [-0.25, -0.2) is 9.59 Å². The molecule has 1 aromatic heterocycles. The molecule has 3 N–H and O–H groups in total. The topological polar surface area (TPSA) is 155 Å². The molecule has 3 aromatic rings. The SMILES string of the molecule is CC(C)(C)OC(=O)NCCC(=O)Nc1cccc(Cn2c(C(=O)N3CCC(CCNC(=O)OC(C)(C)C)CC3)cc3ccc(C#N)cc32)c1. The van der Waals surface area contributed by atoms with Gasteiger partial charge in [0.05, 0.1) is 17.1 Å². The highest BCUT2D eigenvalue weighted by atomic mass is 16.6. The predicted octanol–water partition coefficient (Wildman–Crippen LogP) is 6.18. The molecule has 0 radical (unpaired) electrons. The predicted molar refractivity (Wildman–Crippen MR) is 187 cm³/mol. The lowest BCUT2D eigenvalue weighted by atomic mass is 9.93. The van der Waals surface area contributed by atoms with Crippen molar-refractivity contribution in [2.24, 2.45) is 5.92 Å². The van der Waals surface area contributed by atoms with E-state index in [9.17, 15) is 24.4 Å². The number of fused-ring (bicyclic) bond motifs is 1. The molecule has 4 amide bonds. The van der Waals surface area contributed by atoms with Crippen LogP contribution < -0.4 is 16.0 Å². The van der Waals surface area contributed by atoms with E-state index < -0.39 is 23.4 Å². The highest BCUT2D eigenvalue weighted by Gasteiger charge is 2.27. The van der Waals surface area contributed by atoms with Gasteiger partial charge in [-0.2, -0.15) is 5.26 Å². The van der Waals surface area contributed by atoms with Gasteiger partial charge >= 0.3 is 12.2 Å². The summed E-state index contributed by atoms with van der Waals surface area (Å²) >= 11 is 0. The number of nitrogens with one attached hydrogen (secondary N) is 3. The first-order valence-electron chi connectivity index (χ1n) is 16.8. The molecule has 49 heavy (non-hydrogen) atoms. The molecule has 1 aliphatic rings. The Labute approximate surface area is 288 Å². The molecule has 12 nitrogen and oxygen atoms in total. The molecule has 0 unspecified atom stereocenters. The summed E-state index contributed by atoms with van der Waals surface area (Å²) < 4.78 is 12.5. The molecule has 1 fully saturated rings. The Bertz CT molecular complexity index is 1700. The number of ether oxygens (including phenoxy) is 2. The van der Waals surface area contributed by atoms with Crippen molar-refractivity contribution in [1.82, 2.24) is 20.1 Å². The zero-order valence-corrected chi connectivity index (χ0v) is 29.4. The number of nitriles is 1. The molecule has 0 bridgehead atoms. The number of likely N-dealkylation sites (tertiary alicyclic amines) is 1. The summed E-state index contributed by atoms with van der Waals surface area (Å²) in [4.78, 5) is 52.4. The molecule has 4 rings (SSSR count). The first kappa shape index (κ1) is 36.8. The lowest BCUT2D eigenvalue weighted by Gasteiger charge is -2.32. The highest BCUT2D eigenvalue weighted by Crippen LogP contribution is 2.27. The van der Waals surface area contributed by atoms with Gasteiger partial charge in [-0.05, 0) is 103 Å². The number of benzene rings is 2. The Hall–Kier alpha value is -5.05. The number of rotatable bonds is 10. The number of carbonyl (C=O) groups is 4. The Morgan fingerprint density at radius 3 is 2.16 bits per heavy atom. The molecule has 0 atom stereocenters. The summed E-state index contributed by atoms with van der Waals surface area (Å²) in [5.41, 5.74) is 2.06. The second-order valence-electron chi connectivity index (χ2n) is 14.4. The van der Waals surface area contributed by atoms with Crippen molar-refractivity contribution in [3.8, 4) is 6.07 Å². The number of alkyl carbamates (subject to hydrolysis) is 2. The fraction of sp³-hybridized carbons (Fsp3) is 0.486. The van der Waals surface area contributed by atoms with Gasteiger partial charge in [-0.1, -0.05) is 18.2 Å². The second-order valence-corrected chi connectivity index (χ2v) is 14.4. The van der Waals surface area contributed by atoms with Gasteiger partial charge < -0.3 is 34.9 Å². The van der Waals surface area contributed by atoms with E-state index in [-0.39, 0.29) is 24.8 Å². The van der Waals surface area contributed by atoms with Gasteiger partial charge in [-0.15, -0.1) is 0 Å². The Balaban J connectivity index is 1.41. The third kappa shape index (κ3) is 11.3. The van der Waals surface area contributed by atoms with Crippen molar-refractivity contribution in [1.29, 1.82) is 5.26 Å². The first-order chi connectivity index (χ1) is 23.1. The third-order valence-electron chi connectivity index (χ3n) is 7.95. The average Bonchev–Trinajstić information content (AvgIpc) is 3.36. The summed E-state index contributed by atoms with van der Waals surface area (Å²) in [6.07, 6.45) is 1.53. The van der Waals surface area contributed by atoms with Crippen molar-refractivity contribution >= 4 is 40.6 Å². The maximum Gasteiger partial charge on any atom is 0.407 e. The van der Waals surface area contributed by atoms with E-state index in [4.69, 9.17) is 9.47 Å². The second kappa shape index (κ2) is 15.9. The number of aromatic nitrogens is 1. The quantitative estimate of drug-likeness (QED) is 0.232. The number of anilines is 1. The molecule has 1 aliphatic heterocycles. The number of carbonyl (C=O) groups excluding carboxylic acids is 4. The van der Waals surface area contributed by atoms with E-state index in [1.54, 1.807) is 39.0 Å².